The molecule has 0 spiro atoms. The van der Waals surface area contributed by atoms with E-state index in [2.05, 4.69) is 17.0 Å². The van der Waals surface area contributed by atoms with Crippen LogP contribution in [0.2, 0.25) is 0 Å². The molecule has 1 heterocycles. The van der Waals surface area contributed by atoms with Gasteiger partial charge in [0.05, 0.1) is 19.1 Å². The zero-order valence-corrected chi connectivity index (χ0v) is 17.5. The third-order valence-electron chi connectivity index (χ3n) is 5.19. The van der Waals surface area contributed by atoms with Crippen molar-refractivity contribution in [2.75, 3.05) is 46.9 Å². The van der Waals surface area contributed by atoms with Crippen LogP contribution in [0.4, 0.5) is 0 Å². The van der Waals surface area contributed by atoms with Crippen LogP contribution in [0.1, 0.15) is 11.1 Å². The Kier molecular flexibility index (Phi) is 6.59. The van der Waals surface area contributed by atoms with Crippen molar-refractivity contribution < 1.29 is 17.9 Å². The number of aryl methyl sites for hydroxylation is 1. The predicted octanol–water partition coefficient (Wildman–Crippen LogP) is 2.56. The van der Waals surface area contributed by atoms with E-state index in [0.717, 1.165) is 26.1 Å². The summed E-state index contributed by atoms with van der Waals surface area (Å²) < 4.78 is 38.5. The fraction of sp³-hybridized carbons (Fsp3) is 0.429. The quantitative estimate of drug-likeness (QED) is 0.710. The first kappa shape index (κ1) is 20.6. The van der Waals surface area contributed by atoms with Crippen LogP contribution < -0.4 is 9.47 Å². The smallest absolute Gasteiger partial charge is 0.243 e. The molecule has 0 aliphatic carbocycles. The SMILES string of the molecule is COc1cc(C)c(S(=O)(=O)N2CCN(CCc3ccccc3)CC2)cc1OC. The zero-order valence-electron chi connectivity index (χ0n) is 16.7. The van der Waals surface area contributed by atoms with E-state index in [-0.39, 0.29) is 4.90 Å². The van der Waals surface area contributed by atoms with E-state index in [1.54, 1.807) is 30.5 Å². The second kappa shape index (κ2) is 8.94. The predicted molar refractivity (Wildman–Crippen MR) is 110 cm³/mol. The van der Waals surface area contributed by atoms with Crippen LogP contribution in [0.15, 0.2) is 47.4 Å². The Labute approximate surface area is 167 Å². The molecule has 7 heteroatoms. The minimum Gasteiger partial charge on any atom is -0.493 e. The van der Waals surface area contributed by atoms with Gasteiger partial charge >= 0.3 is 0 Å². The largest absolute Gasteiger partial charge is 0.493 e. The average molecular weight is 405 g/mol. The molecule has 0 radical (unpaired) electrons. The topological polar surface area (TPSA) is 59.1 Å². The van der Waals surface area contributed by atoms with Crippen molar-refractivity contribution in [1.29, 1.82) is 0 Å². The Morgan fingerprint density at radius 1 is 0.929 bits per heavy atom. The van der Waals surface area contributed by atoms with Crippen molar-refractivity contribution >= 4 is 10.0 Å². The van der Waals surface area contributed by atoms with Gasteiger partial charge in [-0.15, -0.1) is 0 Å². The van der Waals surface area contributed by atoms with Crippen molar-refractivity contribution in [1.82, 2.24) is 9.21 Å². The zero-order chi connectivity index (χ0) is 20.1. The normalized spacial score (nSPS) is 16.1. The first-order valence-electron chi connectivity index (χ1n) is 9.44. The minimum atomic E-state index is -3.57. The summed E-state index contributed by atoms with van der Waals surface area (Å²) in [5.74, 6) is 0.956. The average Bonchev–Trinajstić information content (AvgIpc) is 2.72. The fourth-order valence-electron chi connectivity index (χ4n) is 3.50. The molecule has 0 atom stereocenters. The summed E-state index contributed by atoms with van der Waals surface area (Å²) in [4.78, 5) is 2.60. The Morgan fingerprint density at radius 3 is 2.14 bits per heavy atom. The summed E-state index contributed by atoms with van der Waals surface area (Å²) >= 11 is 0. The van der Waals surface area contributed by atoms with Crippen molar-refractivity contribution in [3.8, 4) is 11.5 Å². The molecular weight excluding hydrogens is 376 g/mol. The standard InChI is InChI=1S/C21H28N2O4S/c1-17-15-19(26-2)20(27-3)16-21(17)28(24,25)23-13-11-22(12-14-23)10-9-18-7-5-4-6-8-18/h4-8,15-16H,9-14H2,1-3H3. The van der Waals surface area contributed by atoms with Gasteiger partial charge in [0.1, 0.15) is 0 Å². The highest BCUT2D eigenvalue weighted by atomic mass is 32.2. The summed E-state index contributed by atoms with van der Waals surface area (Å²) in [5, 5.41) is 0. The number of benzene rings is 2. The number of rotatable bonds is 7. The molecule has 2 aromatic rings. The van der Waals surface area contributed by atoms with Crippen LogP contribution in [0.5, 0.6) is 11.5 Å². The van der Waals surface area contributed by atoms with E-state index < -0.39 is 10.0 Å². The number of nitrogens with zero attached hydrogens (tertiary/aromatic N) is 2. The van der Waals surface area contributed by atoms with E-state index in [4.69, 9.17) is 9.47 Å². The molecule has 6 nitrogen and oxygen atoms in total. The Hall–Kier alpha value is -2.09. The van der Waals surface area contributed by atoms with Crippen molar-refractivity contribution in [2.45, 2.75) is 18.2 Å². The summed E-state index contributed by atoms with van der Waals surface area (Å²) in [6, 6.07) is 13.6. The van der Waals surface area contributed by atoms with Gasteiger partial charge in [0.25, 0.3) is 0 Å². The van der Waals surface area contributed by atoms with Gasteiger partial charge in [0.2, 0.25) is 10.0 Å². The van der Waals surface area contributed by atoms with Crippen LogP contribution in [-0.4, -0.2) is 64.6 Å². The molecule has 0 aromatic heterocycles. The highest BCUT2D eigenvalue weighted by Crippen LogP contribution is 2.33. The maximum atomic E-state index is 13.2. The molecule has 1 aliphatic rings. The van der Waals surface area contributed by atoms with E-state index in [1.807, 2.05) is 18.2 Å². The van der Waals surface area contributed by atoms with Crippen LogP contribution in [0.3, 0.4) is 0 Å². The second-order valence-corrected chi connectivity index (χ2v) is 8.86. The van der Waals surface area contributed by atoms with E-state index >= 15 is 0 Å². The van der Waals surface area contributed by atoms with Crippen molar-refractivity contribution in [3.63, 3.8) is 0 Å². The maximum Gasteiger partial charge on any atom is 0.243 e. The van der Waals surface area contributed by atoms with E-state index in [0.29, 0.717) is 30.2 Å². The van der Waals surface area contributed by atoms with Crippen molar-refractivity contribution in [2.24, 2.45) is 0 Å². The fourth-order valence-corrected chi connectivity index (χ4v) is 5.15. The summed E-state index contributed by atoms with van der Waals surface area (Å²) in [6.45, 7) is 5.17. The minimum absolute atomic E-state index is 0.280. The molecule has 2 aromatic carbocycles. The van der Waals surface area contributed by atoms with Crippen LogP contribution >= 0.6 is 0 Å². The van der Waals surface area contributed by atoms with Crippen molar-refractivity contribution in [3.05, 3.63) is 53.6 Å². The lowest BCUT2D eigenvalue weighted by Crippen LogP contribution is -2.49. The van der Waals surface area contributed by atoms with Crippen LogP contribution in [0.25, 0.3) is 0 Å². The Morgan fingerprint density at radius 2 is 1.54 bits per heavy atom. The van der Waals surface area contributed by atoms with Gasteiger partial charge in [-0.3, -0.25) is 0 Å². The summed E-state index contributed by atoms with van der Waals surface area (Å²) in [5.41, 5.74) is 1.96. The van der Waals surface area contributed by atoms with E-state index in [9.17, 15) is 8.42 Å². The maximum absolute atomic E-state index is 13.2. The number of hydrogen-bond donors (Lipinski definition) is 0. The lowest BCUT2D eigenvalue weighted by atomic mass is 10.1. The first-order chi connectivity index (χ1) is 13.5. The summed E-state index contributed by atoms with van der Waals surface area (Å²) in [6.07, 6.45) is 0.975. The Balaban J connectivity index is 1.66. The number of methoxy groups -OCH3 is 2. The highest BCUT2D eigenvalue weighted by molar-refractivity contribution is 7.89. The molecule has 0 saturated carbocycles. The lowest BCUT2D eigenvalue weighted by Gasteiger charge is -2.34. The first-order valence-corrected chi connectivity index (χ1v) is 10.9. The van der Waals surface area contributed by atoms with Gasteiger partial charge in [0.15, 0.2) is 11.5 Å². The number of sulfonamides is 1. The number of piperazine rings is 1. The second-order valence-electron chi connectivity index (χ2n) is 6.95. The molecule has 3 rings (SSSR count). The molecule has 1 saturated heterocycles. The third-order valence-corrected chi connectivity index (χ3v) is 7.23. The molecule has 1 aliphatic heterocycles. The number of ether oxygens (including phenoxy) is 2. The lowest BCUT2D eigenvalue weighted by molar-refractivity contribution is 0.190. The van der Waals surface area contributed by atoms with Crippen LogP contribution in [0, 0.1) is 6.92 Å². The Bertz CT molecular complexity index is 892. The van der Waals surface area contributed by atoms with Crippen LogP contribution in [-0.2, 0) is 16.4 Å². The molecular formula is C21H28N2O4S. The highest BCUT2D eigenvalue weighted by Gasteiger charge is 2.30. The monoisotopic (exact) mass is 404 g/mol. The van der Waals surface area contributed by atoms with Gasteiger partial charge in [-0.25, -0.2) is 8.42 Å². The van der Waals surface area contributed by atoms with Gasteiger partial charge in [0, 0.05) is 38.8 Å². The summed E-state index contributed by atoms with van der Waals surface area (Å²) in [7, 11) is -0.519. The third kappa shape index (κ3) is 4.48. The van der Waals surface area contributed by atoms with E-state index in [1.165, 1.54) is 12.7 Å². The number of hydrogen-bond acceptors (Lipinski definition) is 5. The molecule has 1 fully saturated rings. The van der Waals surface area contributed by atoms with Gasteiger partial charge in [-0.2, -0.15) is 4.31 Å². The molecule has 152 valence electrons. The molecule has 0 amide bonds. The van der Waals surface area contributed by atoms with Gasteiger partial charge in [-0.05, 0) is 30.5 Å². The van der Waals surface area contributed by atoms with Gasteiger partial charge in [-0.1, -0.05) is 30.3 Å². The molecule has 28 heavy (non-hydrogen) atoms. The van der Waals surface area contributed by atoms with Gasteiger partial charge < -0.3 is 14.4 Å². The molecule has 0 unspecified atom stereocenters. The molecule has 0 bridgehead atoms. The molecule has 0 N–H and O–H groups in total.